The van der Waals surface area contributed by atoms with Crippen LogP contribution >= 0.6 is 34.5 Å². The standard InChI is InChI=1S/C13H13ClN2O3S2/c1-8-10(7-20-15-8)13(18)16(6-12(17)19-2)5-9-3-4-11(14)21-9/h3-4,7H,5-6H2,1-2H3. The normalized spacial score (nSPS) is 10.4. The van der Waals surface area contributed by atoms with Gasteiger partial charge in [0.1, 0.15) is 6.54 Å². The lowest BCUT2D eigenvalue weighted by molar-refractivity contribution is -0.141. The number of carbonyl (C=O) groups excluding carboxylic acids is 2. The summed E-state index contributed by atoms with van der Waals surface area (Å²) in [5.74, 6) is -0.706. The topological polar surface area (TPSA) is 59.5 Å². The second kappa shape index (κ2) is 7.02. The van der Waals surface area contributed by atoms with Crippen LogP contribution in [0.2, 0.25) is 4.34 Å². The number of nitrogens with zero attached hydrogens (tertiary/aromatic N) is 2. The first-order chi connectivity index (χ1) is 10.0. The van der Waals surface area contributed by atoms with Crippen LogP contribution < -0.4 is 0 Å². The van der Waals surface area contributed by atoms with E-state index in [1.807, 2.05) is 6.07 Å². The fourth-order valence-corrected chi connectivity index (χ4v) is 3.50. The van der Waals surface area contributed by atoms with E-state index in [0.717, 1.165) is 4.88 Å². The molecule has 0 aliphatic carbocycles. The Kier molecular flexibility index (Phi) is 5.33. The molecule has 0 radical (unpaired) electrons. The number of carbonyl (C=O) groups is 2. The van der Waals surface area contributed by atoms with E-state index in [-0.39, 0.29) is 12.5 Å². The van der Waals surface area contributed by atoms with Gasteiger partial charge in [0.2, 0.25) is 0 Å². The number of methoxy groups -OCH3 is 1. The third-order valence-corrected chi connectivity index (χ3v) is 4.73. The molecule has 0 aliphatic rings. The van der Waals surface area contributed by atoms with Gasteiger partial charge in [-0.3, -0.25) is 9.59 Å². The van der Waals surface area contributed by atoms with E-state index in [0.29, 0.717) is 22.1 Å². The molecule has 0 aliphatic heterocycles. The molecule has 0 aromatic carbocycles. The highest BCUT2D eigenvalue weighted by molar-refractivity contribution is 7.16. The summed E-state index contributed by atoms with van der Waals surface area (Å²) >= 11 is 8.49. The van der Waals surface area contributed by atoms with Gasteiger partial charge in [0.15, 0.2) is 0 Å². The number of rotatable bonds is 5. The van der Waals surface area contributed by atoms with Gasteiger partial charge in [0.05, 0.1) is 29.2 Å². The molecule has 2 heterocycles. The van der Waals surface area contributed by atoms with Crippen molar-refractivity contribution in [3.05, 3.63) is 38.0 Å². The Morgan fingerprint density at radius 3 is 2.71 bits per heavy atom. The second-order valence-corrected chi connectivity index (χ2v) is 6.69. The quantitative estimate of drug-likeness (QED) is 0.782. The first-order valence-corrected chi connectivity index (χ1v) is 8.05. The van der Waals surface area contributed by atoms with Crippen LogP contribution in [0.5, 0.6) is 0 Å². The van der Waals surface area contributed by atoms with Crippen LogP contribution in [-0.2, 0) is 16.1 Å². The van der Waals surface area contributed by atoms with Crippen molar-refractivity contribution in [1.82, 2.24) is 9.27 Å². The van der Waals surface area contributed by atoms with E-state index in [1.165, 1.54) is 34.9 Å². The van der Waals surface area contributed by atoms with Crippen molar-refractivity contribution in [1.29, 1.82) is 0 Å². The SMILES string of the molecule is COC(=O)CN(Cc1ccc(Cl)s1)C(=O)c1csnc1C. The number of halogens is 1. The zero-order valence-corrected chi connectivity index (χ0v) is 13.8. The maximum atomic E-state index is 12.5. The van der Waals surface area contributed by atoms with Gasteiger partial charge in [-0.05, 0) is 30.6 Å². The van der Waals surface area contributed by atoms with Crippen LogP contribution in [0.15, 0.2) is 17.5 Å². The molecule has 0 N–H and O–H groups in total. The summed E-state index contributed by atoms with van der Waals surface area (Å²) in [5, 5.41) is 1.68. The molecule has 5 nitrogen and oxygen atoms in total. The fourth-order valence-electron chi connectivity index (χ4n) is 1.71. The van der Waals surface area contributed by atoms with E-state index < -0.39 is 5.97 Å². The number of aryl methyl sites for hydroxylation is 1. The van der Waals surface area contributed by atoms with E-state index in [1.54, 1.807) is 18.4 Å². The number of thiophene rings is 1. The minimum absolute atomic E-state index is 0.111. The van der Waals surface area contributed by atoms with Crippen LogP contribution in [0.1, 0.15) is 20.9 Å². The van der Waals surface area contributed by atoms with Gasteiger partial charge in [0, 0.05) is 10.3 Å². The predicted molar refractivity (Wildman–Crippen MR) is 82.9 cm³/mol. The van der Waals surface area contributed by atoms with Crippen LogP contribution in [0.25, 0.3) is 0 Å². The van der Waals surface area contributed by atoms with Gasteiger partial charge in [-0.25, -0.2) is 0 Å². The van der Waals surface area contributed by atoms with Crippen LogP contribution in [0.3, 0.4) is 0 Å². The van der Waals surface area contributed by atoms with E-state index in [9.17, 15) is 9.59 Å². The predicted octanol–water partition coefficient (Wildman–Crippen LogP) is 2.98. The minimum Gasteiger partial charge on any atom is -0.468 e. The number of hydrogen-bond donors (Lipinski definition) is 0. The lowest BCUT2D eigenvalue weighted by Crippen LogP contribution is -2.35. The van der Waals surface area contributed by atoms with Crippen molar-refractivity contribution >= 4 is 46.3 Å². The Morgan fingerprint density at radius 2 is 2.19 bits per heavy atom. The summed E-state index contributed by atoms with van der Waals surface area (Å²) in [6.45, 7) is 1.96. The maximum Gasteiger partial charge on any atom is 0.325 e. The van der Waals surface area contributed by atoms with Gasteiger partial charge >= 0.3 is 5.97 Å². The van der Waals surface area contributed by atoms with E-state index in [4.69, 9.17) is 11.6 Å². The molecule has 2 aromatic heterocycles. The maximum absolute atomic E-state index is 12.5. The van der Waals surface area contributed by atoms with Gasteiger partial charge < -0.3 is 9.64 Å². The van der Waals surface area contributed by atoms with E-state index in [2.05, 4.69) is 9.11 Å². The van der Waals surface area contributed by atoms with Gasteiger partial charge in [-0.1, -0.05) is 11.6 Å². The summed E-state index contributed by atoms with van der Waals surface area (Å²) in [6, 6.07) is 3.60. The van der Waals surface area contributed by atoms with Gasteiger partial charge in [0.25, 0.3) is 5.91 Å². The molecule has 0 bridgehead atoms. The molecule has 8 heteroatoms. The summed E-state index contributed by atoms with van der Waals surface area (Å²) in [6.07, 6.45) is 0. The molecule has 2 rings (SSSR count). The van der Waals surface area contributed by atoms with Crippen molar-refractivity contribution in [2.75, 3.05) is 13.7 Å². The molecule has 21 heavy (non-hydrogen) atoms. The monoisotopic (exact) mass is 344 g/mol. The third-order valence-electron chi connectivity index (χ3n) is 2.79. The van der Waals surface area contributed by atoms with Crippen molar-refractivity contribution in [3.8, 4) is 0 Å². The zero-order chi connectivity index (χ0) is 15.4. The van der Waals surface area contributed by atoms with Crippen molar-refractivity contribution in [2.24, 2.45) is 0 Å². The summed E-state index contributed by atoms with van der Waals surface area (Å²) in [4.78, 5) is 26.4. The highest BCUT2D eigenvalue weighted by atomic mass is 35.5. The molecular weight excluding hydrogens is 332 g/mol. The minimum atomic E-state index is -0.466. The van der Waals surface area contributed by atoms with Crippen LogP contribution in [0.4, 0.5) is 0 Å². The van der Waals surface area contributed by atoms with Crippen molar-refractivity contribution in [2.45, 2.75) is 13.5 Å². The molecule has 0 unspecified atom stereocenters. The lowest BCUT2D eigenvalue weighted by Gasteiger charge is -2.20. The lowest BCUT2D eigenvalue weighted by atomic mass is 10.2. The number of aromatic nitrogens is 1. The highest BCUT2D eigenvalue weighted by Crippen LogP contribution is 2.23. The number of amides is 1. The smallest absolute Gasteiger partial charge is 0.325 e. The Balaban J connectivity index is 2.21. The molecule has 0 spiro atoms. The van der Waals surface area contributed by atoms with Gasteiger partial charge in [-0.2, -0.15) is 4.37 Å². The van der Waals surface area contributed by atoms with Crippen molar-refractivity contribution < 1.29 is 14.3 Å². The Morgan fingerprint density at radius 1 is 1.43 bits per heavy atom. The molecule has 0 saturated carbocycles. The number of hydrogen-bond acceptors (Lipinski definition) is 6. The average Bonchev–Trinajstić information content (AvgIpc) is 3.05. The Labute approximate surface area is 135 Å². The van der Waals surface area contributed by atoms with Crippen LogP contribution in [-0.4, -0.2) is 34.8 Å². The van der Waals surface area contributed by atoms with Crippen molar-refractivity contribution in [3.63, 3.8) is 0 Å². The molecule has 0 atom stereocenters. The van der Waals surface area contributed by atoms with Gasteiger partial charge in [-0.15, -0.1) is 11.3 Å². The molecule has 0 saturated heterocycles. The van der Waals surface area contributed by atoms with Crippen LogP contribution in [0, 0.1) is 6.92 Å². The number of ether oxygens (including phenoxy) is 1. The zero-order valence-electron chi connectivity index (χ0n) is 11.5. The molecular formula is C13H13ClN2O3S2. The highest BCUT2D eigenvalue weighted by Gasteiger charge is 2.22. The summed E-state index contributed by atoms with van der Waals surface area (Å²) < 4.78 is 9.39. The Bertz CT molecular complexity index is 653. The Hall–Kier alpha value is -1.44. The summed E-state index contributed by atoms with van der Waals surface area (Å²) in [7, 11) is 1.30. The summed E-state index contributed by atoms with van der Waals surface area (Å²) in [5.41, 5.74) is 1.16. The van der Waals surface area contributed by atoms with E-state index >= 15 is 0 Å². The molecule has 0 fully saturated rings. The third kappa shape index (κ3) is 4.03. The molecule has 2 aromatic rings. The molecule has 1 amide bonds. The number of esters is 1. The second-order valence-electron chi connectivity index (χ2n) is 4.26. The average molecular weight is 345 g/mol. The fraction of sp³-hybridized carbons (Fsp3) is 0.308. The molecule has 112 valence electrons. The largest absolute Gasteiger partial charge is 0.468 e. The first-order valence-electron chi connectivity index (χ1n) is 6.02. The first kappa shape index (κ1) is 15.9.